The normalized spacial score (nSPS) is 10.3. The average Bonchev–Trinajstić information content (AvgIpc) is 2.42. The molecule has 0 saturated heterocycles. The molecule has 2 nitrogen and oxygen atoms in total. The lowest BCUT2D eigenvalue weighted by Gasteiger charge is -2.05. The van der Waals surface area contributed by atoms with E-state index in [9.17, 15) is 0 Å². The minimum atomic E-state index is 0.697. The molecule has 0 aliphatic rings. The molecule has 0 aliphatic heterocycles. The minimum absolute atomic E-state index is 0.697. The van der Waals surface area contributed by atoms with E-state index in [0.29, 0.717) is 6.54 Å². The summed E-state index contributed by atoms with van der Waals surface area (Å²) in [6.07, 6.45) is 0.935. The van der Waals surface area contributed by atoms with Crippen LogP contribution in [0, 0.1) is 0 Å². The summed E-state index contributed by atoms with van der Waals surface area (Å²) in [5.41, 5.74) is 6.82. The van der Waals surface area contributed by atoms with Gasteiger partial charge in [0.15, 0.2) is 0 Å². The van der Waals surface area contributed by atoms with Crippen molar-refractivity contribution in [1.82, 2.24) is 0 Å². The van der Waals surface area contributed by atoms with Crippen LogP contribution in [-0.4, -0.2) is 13.7 Å². The topological polar surface area (TPSA) is 35.2 Å². The van der Waals surface area contributed by atoms with E-state index in [0.717, 1.165) is 12.2 Å². The van der Waals surface area contributed by atoms with Crippen molar-refractivity contribution in [2.24, 2.45) is 5.73 Å². The zero-order valence-electron chi connectivity index (χ0n) is 10.4. The molecule has 3 heteroatoms. The van der Waals surface area contributed by atoms with E-state index < -0.39 is 0 Å². The number of rotatable bonds is 5. The molecular weight excluding hydrogens is 242 g/mol. The van der Waals surface area contributed by atoms with Gasteiger partial charge in [-0.3, -0.25) is 0 Å². The van der Waals surface area contributed by atoms with Gasteiger partial charge in [-0.25, -0.2) is 0 Å². The van der Waals surface area contributed by atoms with Gasteiger partial charge in [0.25, 0.3) is 0 Å². The monoisotopic (exact) mass is 259 g/mol. The second-order valence-electron chi connectivity index (χ2n) is 3.96. The summed E-state index contributed by atoms with van der Waals surface area (Å²) in [5, 5.41) is 0. The van der Waals surface area contributed by atoms with E-state index in [-0.39, 0.29) is 0 Å². The summed E-state index contributed by atoms with van der Waals surface area (Å²) < 4.78 is 5.22. The van der Waals surface area contributed by atoms with Crippen molar-refractivity contribution in [3.63, 3.8) is 0 Å². The third-order valence-corrected chi connectivity index (χ3v) is 3.63. The molecule has 0 bridgehead atoms. The maximum atomic E-state index is 5.54. The molecule has 0 atom stereocenters. The van der Waals surface area contributed by atoms with Crippen molar-refractivity contribution in [2.75, 3.05) is 13.7 Å². The van der Waals surface area contributed by atoms with Crippen molar-refractivity contribution in [1.29, 1.82) is 0 Å². The van der Waals surface area contributed by atoms with Gasteiger partial charge in [-0.05, 0) is 48.9 Å². The highest BCUT2D eigenvalue weighted by molar-refractivity contribution is 7.99. The molecule has 2 rings (SSSR count). The van der Waals surface area contributed by atoms with Gasteiger partial charge in [-0.15, -0.1) is 0 Å². The largest absolute Gasteiger partial charge is 0.497 e. The van der Waals surface area contributed by atoms with Crippen molar-refractivity contribution < 1.29 is 4.74 Å². The molecule has 2 aromatic rings. The van der Waals surface area contributed by atoms with E-state index in [1.165, 1.54) is 15.4 Å². The molecule has 2 N–H and O–H groups in total. The summed E-state index contributed by atoms with van der Waals surface area (Å²) >= 11 is 1.73. The zero-order valence-corrected chi connectivity index (χ0v) is 11.2. The first kappa shape index (κ1) is 13.0. The van der Waals surface area contributed by atoms with Crippen LogP contribution in [-0.2, 0) is 6.42 Å². The number of hydrogen-bond donors (Lipinski definition) is 1. The number of benzene rings is 2. The Morgan fingerprint density at radius 3 is 2.50 bits per heavy atom. The van der Waals surface area contributed by atoms with Crippen molar-refractivity contribution in [3.8, 4) is 5.75 Å². The van der Waals surface area contributed by atoms with Crippen LogP contribution in [0.5, 0.6) is 5.75 Å². The lowest BCUT2D eigenvalue weighted by Crippen LogP contribution is -2.02. The van der Waals surface area contributed by atoms with Crippen LogP contribution in [0.15, 0.2) is 58.3 Å². The number of methoxy groups -OCH3 is 1. The Morgan fingerprint density at radius 2 is 1.83 bits per heavy atom. The van der Waals surface area contributed by atoms with Crippen LogP contribution < -0.4 is 10.5 Å². The fraction of sp³-hybridized carbons (Fsp3) is 0.200. The van der Waals surface area contributed by atoms with Crippen LogP contribution in [0.2, 0.25) is 0 Å². The highest BCUT2D eigenvalue weighted by Crippen LogP contribution is 2.30. The standard InChI is InChI=1S/C15H17NOS/c1-17-13-3-2-4-15(11-13)18-14-7-5-12(6-8-14)9-10-16/h2-8,11H,9-10,16H2,1H3. The second kappa shape index (κ2) is 6.47. The van der Waals surface area contributed by atoms with Crippen LogP contribution in [0.3, 0.4) is 0 Å². The van der Waals surface area contributed by atoms with E-state index in [2.05, 4.69) is 30.3 Å². The first-order chi connectivity index (χ1) is 8.81. The molecule has 0 spiro atoms. The minimum Gasteiger partial charge on any atom is -0.497 e. The fourth-order valence-electron chi connectivity index (χ4n) is 1.69. The Balaban J connectivity index is 2.08. The smallest absolute Gasteiger partial charge is 0.119 e. The van der Waals surface area contributed by atoms with Gasteiger partial charge in [0, 0.05) is 9.79 Å². The quantitative estimate of drug-likeness (QED) is 0.894. The summed E-state index contributed by atoms with van der Waals surface area (Å²) in [7, 11) is 1.69. The molecule has 18 heavy (non-hydrogen) atoms. The van der Waals surface area contributed by atoms with Gasteiger partial charge in [-0.2, -0.15) is 0 Å². The first-order valence-electron chi connectivity index (χ1n) is 5.93. The van der Waals surface area contributed by atoms with Crippen molar-refractivity contribution in [2.45, 2.75) is 16.2 Å². The third-order valence-electron chi connectivity index (χ3n) is 2.63. The van der Waals surface area contributed by atoms with Gasteiger partial charge in [0.05, 0.1) is 7.11 Å². The molecule has 0 aromatic heterocycles. The van der Waals surface area contributed by atoms with E-state index in [1.807, 2.05) is 18.2 Å². The molecule has 0 unspecified atom stereocenters. The molecular formula is C15H17NOS. The Morgan fingerprint density at radius 1 is 1.06 bits per heavy atom. The second-order valence-corrected chi connectivity index (χ2v) is 5.11. The summed E-state index contributed by atoms with van der Waals surface area (Å²) in [6.45, 7) is 0.697. The average molecular weight is 259 g/mol. The number of ether oxygens (including phenoxy) is 1. The Kier molecular flexibility index (Phi) is 4.67. The van der Waals surface area contributed by atoms with E-state index in [4.69, 9.17) is 10.5 Å². The summed E-state index contributed by atoms with van der Waals surface area (Å²) in [6, 6.07) is 16.6. The summed E-state index contributed by atoms with van der Waals surface area (Å²) in [5.74, 6) is 0.889. The number of nitrogens with two attached hydrogens (primary N) is 1. The Labute approximate surface area is 112 Å². The lowest BCUT2D eigenvalue weighted by atomic mass is 10.2. The molecule has 0 aliphatic carbocycles. The highest BCUT2D eigenvalue weighted by Gasteiger charge is 1.99. The predicted molar refractivity (Wildman–Crippen MR) is 76.3 cm³/mol. The Hall–Kier alpha value is -1.45. The van der Waals surface area contributed by atoms with Gasteiger partial charge in [-0.1, -0.05) is 30.0 Å². The molecule has 0 saturated carbocycles. The first-order valence-corrected chi connectivity index (χ1v) is 6.74. The SMILES string of the molecule is COc1cccc(Sc2ccc(CCN)cc2)c1. The van der Waals surface area contributed by atoms with Crippen molar-refractivity contribution >= 4 is 11.8 Å². The maximum Gasteiger partial charge on any atom is 0.119 e. The van der Waals surface area contributed by atoms with Crippen LogP contribution in [0.1, 0.15) is 5.56 Å². The van der Waals surface area contributed by atoms with Gasteiger partial charge in [0.1, 0.15) is 5.75 Å². The van der Waals surface area contributed by atoms with Crippen LogP contribution in [0.4, 0.5) is 0 Å². The summed E-state index contributed by atoms with van der Waals surface area (Å²) in [4.78, 5) is 2.41. The lowest BCUT2D eigenvalue weighted by molar-refractivity contribution is 0.413. The van der Waals surface area contributed by atoms with Crippen LogP contribution in [0.25, 0.3) is 0 Å². The van der Waals surface area contributed by atoms with Gasteiger partial charge < -0.3 is 10.5 Å². The molecule has 2 aromatic carbocycles. The number of hydrogen-bond acceptors (Lipinski definition) is 3. The van der Waals surface area contributed by atoms with Crippen LogP contribution >= 0.6 is 11.8 Å². The van der Waals surface area contributed by atoms with Gasteiger partial charge >= 0.3 is 0 Å². The highest BCUT2D eigenvalue weighted by atomic mass is 32.2. The predicted octanol–water partition coefficient (Wildman–Crippen LogP) is 3.35. The van der Waals surface area contributed by atoms with Gasteiger partial charge in [0.2, 0.25) is 0 Å². The molecule has 0 radical (unpaired) electrons. The fourth-order valence-corrected chi connectivity index (χ4v) is 2.56. The molecule has 0 heterocycles. The van der Waals surface area contributed by atoms with Crippen molar-refractivity contribution in [3.05, 3.63) is 54.1 Å². The maximum absolute atomic E-state index is 5.54. The molecule has 94 valence electrons. The Bertz CT molecular complexity index is 496. The van der Waals surface area contributed by atoms with E-state index >= 15 is 0 Å². The third kappa shape index (κ3) is 3.52. The molecule has 0 amide bonds. The van der Waals surface area contributed by atoms with E-state index in [1.54, 1.807) is 18.9 Å². The molecule has 0 fully saturated rings. The zero-order chi connectivity index (χ0) is 12.8.